The minimum Gasteiger partial charge on any atom is -0.493 e. The largest absolute Gasteiger partial charge is 0.493 e. The van der Waals surface area contributed by atoms with Gasteiger partial charge in [0.1, 0.15) is 5.75 Å². The first kappa shape index (κ1) is 15.3. The highest BCUT2D eigenvalue weighted by Crippen LogP contribution is 2.25. The molecule has 0 amide bonds. The molecule has 2 aromatic carbocycles. The van der Waals surface area contributed by atoms with E-state index in [9.17, 15) is 4.79 Å². The molecule has 104 valence electrons. The summed E-state index contributed by atoms with van der Waals surface area (Å²) in [6.07, 6.45) is 0.901. The van der Waals surface area contributed by atoms with Crippen molar-refractivity contribution in [3.63, 3.8) is 0 Å². The number of hydrogen-bond donors (Lipinski definition) is 0. The first-order chi connectivity index (χ1) is 9.63. The van der Waals surface area contributed by atoms with Gasteiger partial charge in [-0.3, -0.25) is 4.79 Å². The van der Waals surface area contributed by atoms with Crippen molar-refractivity contribution in [1.82, 2.24) is 0 Å². The van der Waals surface area contributed by atoms with Gasteiger partial charge in [-0.1, -0.05) is 30.7 Å². The maximum Gasteiger partial charge on any atom is 0.196 e. The number of rotatable bonds is 5. The number of halogens is 2. The highest BCUT2D eigenvalue weighted by atomic mass is 127. The summed E-state index contributed by atoms with van der Waals surface area (Å²) in [5.41, 5.74) is 1.14. The highest BCUT2D eigenvalue weighted by molar-refractivity contribution is 14.1. The standard InChI is InChI=1S/C16H14ClIO2/c1-2-9-20-15-6-4-3-5-12(15)16(19)11-7-8-14(18)13(17)10-11/h3-8,10H,2,9H2,1H3. The summed E-state index contributed by atoms with van der Waals surface area (Å²) in [6.45, 7) is 2.63. The first-order valence-electron chi connectivity index (χ1n) is 6.35. The Kier molecular flexibility index (Phi) is 5.43. The molecule has 0 fully saturated rings. The SMILES string of the molecule is CCCOc1ccccc1C(=O)c1ccc(I)c(Cl)c1. The normalized spacial score (nSPS) is 10.3. The average molecular weight is 401 g/mol. The lowest BCUT2D eigenvalue weighted by Crippen LogP contribution is -2.06. The van der Waals surface area contributed by atoms with E-state index in [1.54, 1.807) is 18.2 Å². The fourth-order valence-corrected chi connectivity index (χ4v) is 2.30. The lowest BCUT2D eigenvalue weighted by Gasteiger charge is -2.10. The Bertz CT molecular complexity index is 626. The van der Waals surface area contributed by atoms with Gasteiger partial charge in [-0.2, -0.15) is 0 Å². The third-order valence-electron chi connectivity index (χ3n) is 2.78. The highest BCUT2D eigenvalue weighted by Gasteiger charge is 2.15. The van der Waals surface area contributed by atoms with Gasteiger partial charge in [-0.15, -0.1) is 0 Å². The summed E-state index contributed by atoms with van der Waals surface area (Å²) >= 11 is 8.21. The van der Waals surface area contributed by atoms with Crippen molar-refractivity contribution in [2.45, 2.75) is 13.3 Å². The molecule has 20 heavy (non-hydrogen) atoms. The molecule has 0 saturated heterocycles. The summed E-state index contributed by atoms with van der Waals surface area (Å²) in [6, 6.07) is 12.6. The Labute approximate surface area is 137 Å². The smallest absolute Gasteiger partial charge is 0.196 e. The number of carbonyl (C=O) groups excluding carboxylic acids is 1. The lowest BCUT2D eigenvalue weighted by atomic mass is 10.0. The zero-order valence-corrected chi connectivity index (χ0v) is 13.9. The summed E-state index contributed by atoms with van der Waals surface area (Å²) in [5, 5.41) is 0.586. The van der Waals surface area contributed by atoms with E-state index in [0.29, 0.717) is 28.5 Å². The number of ketones is 1. The third-order valence-corrected chi connectivity index (χ3v) is 4.35. The lowest BCUT2D eigenvalue weighted by molar-refractivity contribution is 0.103. The molecular formula is C16H14ClIO2. The molecule has 0 heterocycles. The summed E-state index contributed by atoms with van der Waals surface area (Å²) in [4.78, 5) is 12.6. The fourth-order valence-electron chi connectivity index (χ4n) is 1.78. The quantitative estimate of drug-likeness (QED) is 0.523. The zero-order valence-electron chi connectivity index (χ0n) is 11.0. The van der Waals surface area contributed by atoms with E-state index in [4.69, 9.17) is 16.3 Å². The van der Waals surface area contributed by atoms with Crippen LogP contribution in [-0.4, -0.2) is 12.4 Å². The van der Waals surface area contributed by atoms with Crippen molar-refractivity contribution in [3.05, 3.63) is 62.2 Å². The van der Waals surface area contributed by atoms with Crippen LogP contribution in [-0.2, 0) is 0 Å². The molecule has 0 atom stereocenters. The van der Waals surface area contributed by atoms with Crippen molar-refractivity contribution in [3.8, 4) is 5.75 Å². The van der Waals surface area contributed by atoms with E-state index < -0.39 is 0 Å². The predicted octanol–water partition coefficient (Wildman–Crippen LogP) is 4.96. The number of ether oxygens (including phenoxy) is 1. The van der Waals surface area contributed by atoms with Crippen LogP contribution < -0.4 is 4.74 Å². The van der Waals surface area contributed by atoms with Crippen LogP contribution in [0.4, 0.5) is 0 Å². The van der Waals surface area contributed by atoms with E-state index in [1.807, 2.05) is 31.2 Å². The molecule has 0 N–H and O–H groups in total. The van der Waals surface area contributed by atoms with Crippen molar-refractivity contribution >= 4 is 40.0 Å². The Morgan fingerprint density at radius 2 is 2.00 bits per heavy atom. The molecule has 2 nitrogen and oxygen atoms in total. The van der Waals surface area contributed by atoms with Gasteiger partial charge in [0.25, 0.3) is 0 Å². The Morgan fingerprint density at radius 3 is 2.70 bits per heavy atom. The minimum atomic E-state index is -0.0741. The van der Waals surface area contributed by atoms with Gasteiger partial charge in [0.05, 0.1) is 17.2 Å². The van der Waals surface area contributed by atoms with Gasteiger partial charge in [-0.05, 0) is 59.3 Å². The average Bonchev–Trinajstić information content (AvgIpc) is 2.47. The van der Waals surface area contributed by atoms with Crippen molar-refractivity contribution < 1.29 is 9.53 Å². The summed E-state index contributed by atoms with van der Waals surface area (Å²) < 4.78 is 6.55. The van der Waals surface area contributed by atoms with Crippen LogP contribution in [0.25, 0.3) is 0 Å². The van der Waals surface area contributed by atoms with Crippen LogP contribution in [0.1, 0.15) is 29.3 Å². The van der Waals surface area contributed by atoms with Crippen LogP contribution >= 0.6 is 34.2 Å². The summed E-state index contributed by atoms with van der Waals surface area (Å²) in [5.74, 6) is 0.545. The Morgan fingerprint density at radius 1 is 1.25 bits per heavy atom. The van der Waals surface area contributed by atoms with Gasteiger partial charge < -0.3 is 4.74 Å². The second-order valence-corrected chi connectivity index (χ2v) is 5.87. The molecule has 2 aromatic rings. The van der Waals surface area contributed by atoms with Crippen LogP contribution in [0.2, 0.25) is 5.02 Å². The fraction of sp³-hybridized carbons (Fsp3) is 0.188. The second kappa shape index (κ2) is 7.09. The monoisotopic (exact) mass is 400 g/mol. The van der Waals surface area contributed by atoms with E-state index in [-0.39, 0.29) is 5.78 Å². The maximum absolute atomic E-state index is 12.6. The molecular weight excluding hydrogens is 387 g/mol. The molecule has 0 aliphatic heterocycles. The molecule has 0 bridgehead atoms. The molecule has 2 rings (SSSR count). The van der Waals surface area contributed by atoms with E-state index in [2.05, 4.69) is 22.6 Å². The van der Waals surface area contributed by atoms with Crippen molar-refractivity contribution in [1.29, 1.82) is 0 Å². The molecule has 4 heteroatoms. The predicted molar refractivity (Wildman–Crippen MR) is 89.8 cm³/mol. The van der Waals surface area contributed by atoms with Crippen molar-refractivity contribution in [2.24, 2.45) is 0 Å². The van der Waals surface area contributed by atoms with Gasteiger partial charge >= 0.3 is 0 Å². The number of carbonyl (C=O) groups is 1. The van der Waals surface area contributed by atoms with Gasteiger partial charge in [-0.25, -0.2) is 0 Å². The Balaban J connectivity index is 2.35. The van der Waals surface area contributed by atoms with Crippen molar-refractivity contribution in [2.75, 3.05) is 6.61 Å². The van der Waals surface area contributed by atoms with Gasteiger partial charge in [0.15, 0.2) is 5.78 Å². The molecule has 0 spiro atoms. The molecule has 0 radical (unpaired) electrons. The third kappa shape index (κ3) is 3.52. The molecule has 0 aliphatic rings. The Hall–Kier alpha value is -1.07. The number of benzene rings is 2. The van der Waals surface area contributed by atoms with Crippen LogP contribution in [0, 0.1) is 3.57 Å². The van der Waals surface area contributed by atoms with E-state index in [1.165, 1.54) is 0 Å². The van der Waals surface area contributed by atoms with Crippen LogP contribution in [0.3, 0.4) is 0 Å². The van der Waals surface area contributed by atoms with Gasteiger partial charge in [0.2, 0.25) is 0 Å². The molecule has 0 saturated carbocycles. The summed E-state index contributed by atoms with van der Waals surface area (Å²) in [7, 11) is 0. The maximum atomic E-state index is 12.6. The molecule has 0 unspecified atom stereocenters. The number of para-hydroxylation sites is 1. The number of hydrogen-bond acceptors (Lipinski definition) is 2. The molecule has 0 aliphatic carbocycles. The molecule has 0 aromatic heterocycles. The van der Waals surface area contributed by atoms with Crippen LogP contribution in [0.15, 0.2) is 42.5 Å². The topological polar surface area (TPSA) is 26.3 Å². The first-order valence-corrected chi connectivity index (χ1v) is 7.80. The second-order valence-electron chi connectivity index (χ2n) is 4.30. The van der Waals surface area contributed by atoms with E-state index in [0.717, 1.165) is 9.99 Å². The minimum absolute atomic E-state index is 0.0741. The van der Waals surface area contributed by atoms with Crippen LogP contribution in [0.5, 0.6) is 5.75 Å². The van der Waals surface area contributed by atoms with E-state index >= 15 is 0 Å². The van der Waals surface area contributed by atoms with Gasteiger partial charge in [0, 0.05) is 9.13 Å². The zero-order chi connectivity index (χ0) is 14.5.